The number of piperazine rings is 1. The van der Waals surface area contributed by atoms with E-state index in [1.165, 1.54) is 29.6 Å². The van der Waals surface area contributed by atoms with Gasteiger partial charge >= 0.3 is 0 Å². The van der Waals surface area contributed by atoms with Crippen LogP contribution in [0.4, 0.5) is 22.9 Å². The fourth-order valence-electron chi connectivity index (χ4n) is 7.13. The third kappa shape index (κ3) is 10.0. The molecule has 6 aromatic rings. The fraction of sp³-hybridized carbons (Fsp3) is 0.256. The minimum atomic E-state index is -4.26. The Morgan fingerprint density at radius 1 is 0.877 bits per heavy atom. The molecule has 1 fully saturated rings. The highest BCUT2D eigenvalue weighted by atomic mass is 35.5. The van der Waals surface area contributed by atoms with E-state index in [9.17, 15) is 18.5 Å². The number of anilines is 3. The second-order valence-corrected chi connectivity index (χ2v) is 17.7. The van der Waals surface area contributed by atoms with Crippen LogP contribution in [0.3, 0.4) is 0 Å². The molecular formula is C43H44ClN7O4S2. The first-order chi connectivity index (χ1) is 27.5. The molecule has 0 bridgehead atoms. The smallest absolute Gasteiger partial charge is 0.293 e. The fourth-order valence-corrected chi connectivity index (χ4v) is 9.34. The molecule has 0 aliphatic carbocycles. The predicted octanol–water partition coefficient (Wildman–Crippen LogP) is 9.60. The van der Waals surface area contributed by atoms with Crippen molar-refractivity contribution in [3.05, 3.63) is 142 Å². The summed E-state index contributed by atoms with van der Waals surface area (Å²) in [5, 5.41) is 16.8. The number of nitro groups is 1. The maximum Gasteiger partial charge on any atom is 0.293 e. The van der Waals surface area contributed by atoms with Crippen LogP contribution in [-0.2, 0) is 16.6 Å². The number of sulfonamides is 1. The minimum Gasteiger partial charge on any atom is -0.376 e. The van der Waals surface area contributed by atoms with Gasteiger partial charge in [0.05, 0.1) is 15.3 Å². The van der Waals surface area contributed by atoms with Crippen molar-refractivity contribution in [3.63, 3.8) is 0 Å². The second-order valence-electron chi connectivity index (χ2n) is 14.5. The lowest BCUT2D eigenvalue weighted by Crippen LogP contribution is -2.46. The molecule has 5 aromatic carbocycles. The van der Waals surface area contributed by atoms with Gasteiger partial charge < -0.3 is 10.2 Å². The van der Waals surface area contributed by atoms with E-state index in [0.29, 0.717) is 22.6 Å². The quantitative estimate of drug-likeness (QED) is 0.0586. The maximum atomic E-state index is 13.7. The van der Waals surface area contributed by atoms with Gasteiger partial charge in [0.15, 0.2) is 5.82 Å². The topological polar surface area (TPSA) is 134 Å². The average molecular weight is 822 g/mol. The van der Waals surface area contributed by atoms with Crippen LogP contribution in [0.15, 0.2) is 131 Å². The van der Waals surface area contributed by atoms with Gasteiger partial charge in [0.2, 0.25) is 0 Å². The van der Waals surface area contributed by atoms with Gasteiger partial charge in [0, 0.05) is 71.6 Å². The molecule has 11 nitrogen and oxygen atoms in total. The molecule has 2 heterocycles. The van der Waals surface area contributed by atoms with Crippen LogP contribution in [0.2, 0.25) is 5.02 Å². The first-order valence-electron chi connectivity index (χ1n) is 18.8. The highest BCUT2D eigenvalue weighted by Crippen LogP contribution is 2.33. The lowest BCUT2D eigenvalue weighted by Gasteiger charge is -2.36. The monoisotopic (exact) mass is 821 g/mol. The summed E-state index contributed by atoms with van der Waals surface area (Å²) in [4.78, 5) is 26.0. The number of fused-ring (bicyclic) bond motifs is 1. The third-order valence-electron chi connectivity index (χ3n) is 9.92. The molecule has 0 radical (unpaired) electrons. The van der Waals surface area contributed by atoms with Gasteiger partial charge in [-0.15, -0.1) is 11.8 Å². The zero-order valence-electron chi connectivity index (χ0n) is 31.7. The van der Waals surface area contributed by atoms with Crippen LogP contribution in [0.25, 0.3) is 22.0 Å². The van der Waals surface area contributed by atoms with Gasteiger partial charge in [-0.1, -0.05) is 80.0 Å². The maximum absolute atomic E-state index is 13.7. The van der Waals surface area contributed by atoms with Crippen molar-refractivity contribution in [1.29, 1.82) is 0 Å². The van der Waals surface area contributed by atoms with E-state index in [-0.39, 0.29) is 28.1 Å². The molecule has 2 N–H and O–H groups in total. The van der Waals surface area contributed by atoms with Crippen molar-refractivity contribution in [2.75, 3.05) is 46.9 Å². The number of hydrogen-bond donors (Lipinski definition) is 2. The molecule has 0 saturated carbocycles. The van der Waals surface area contributed by atoms with Gasteiger partial charge in [0.1, 0.15) is 12.0 Å². The molecule has 1 unspecified atom stereocenters. The van der Waals surface area contributed by atoms with Crippen molar-refractivity contribution < 1.29 is 13.3 Å². The first kappa shape index (κ1) is 40.0. The lowest BCUT2D eigenvalue weighted by atomic mass is 9.99. The first-order valence-corrected chi connectivity index (χ1v) is 21.7. The highest BCUT2D eigenvalue weighted by Gasteiger charge is 2.25. The number of aromatic nitrogens is 2. The van der Waals surface area contributed by atoms with E-state index in [0.717, 1.165) is 66.4 Å². The van der Waals surface area contributed by atoms with Gasteiger partial charge in [-0.3, -0.25) is 19.7 Å². The molecule has 14 heteroatoms. The number of halogens is 1. The Morgan fingerprint density at radius 3 is 2.33 bits per heavy atom. The third-order valence-corrected chi connectivity index (χ3v) is 12.7. The number of nitrogens with zero attached hydrogens (tertiary/aromatic N) is 5. The molecule has 1 aliphatic rings. The number of rotatable bonds is 15. The van der Waals surface area contributed by atoms with Crippen molar-refractivity contribution >= 4 is 67.2 Å². The molecular weight excluding hydrogens is 778 g/mol. The van der Waals surface area contributed by atoms with E-state index < -0.39 is 14.9 Å². The number of benzene rings is 5. The van der Waals surface area contributed by atoms with Crippen molar-refractivity contribution in [2.45, 2.75) is 42.6 Å². The van der Waals surface area contributed by atoms with E-state index in [1.54, 1.807) is 11.8 Å². The molecule has 1 aromatic heterocycles. The van der Waals surface area contributed by atoms with Gasteiger partial charge in [0.25, 0.3) is 15.7 Å². The zero-order chi connectivity index (χ0) is 39.9. The summed E-state index contributed by atoms with van der Waals surface area (Å²) in [6.07, 6.45) is 2.09. The molecule has 7 rings (SSSR count). The minimum absolute atomic E-state index is 0.0855. The SMILES string of the molecule is CC(C)CC(CSc1ccccc1)Nc1ccc(S(=O)(=O)Nc2ncnc3cc(N4CCN(Cc5cc(Cl)ccc5-c5ccccc5)CC4)ccc23)cc1[N+](=O)[O-]. The summed E-state index contributed by atoms with van der Waals surface area (Å²) in [6.45, 7) is 8.26. The van der Waals surface area contributed by atoms with E-state index >= 15 is 0 Å². The number of nitro benzene ring substituents is 1. The van der Waals surface area contributed by atoms with Crippen molar-refractivity contribution in [3.8, 4) is 11.1 Å². The molecule has 0 amide bonds. The molecule has 0 spiro atoms. The van der Waals surface area contributed by atoms with Gasteiger partial charge in [-0.05, 0) is 83.6 Å². The largest absolute Gasteiger partial charge is 0.376 e. The standard InChI is InChI=1S/C43H44ClN7O4S2/c1-30(2)23-34(28-56-36-11-7-4-8-12-36)47-40-18-15-37(26-42(40)51(52)53)57(54,55)48-43-39-17-14-35(25-41(39)45-29-46-43)50-21-19-49(20-22-50)27-32-24-33(44)13-16-38(32)31-9-5-3-6-10-31/h3-18,24-26,29-30,34,47H,19-23,27-28H2,1-2H3,(H,45,46,48). The van der Waals surface area contributed by atoms with Gasteiger partial charge in [-0.25, -0.2) is 18.4 Å². The Kier molecular flexibility index (Phi) is 12.6. The van der Waals surface area contributed by atoms with Crippen LogP contribution in [0.5, 0.6) is 0 Å². The number of hydrogen-bond acceptors (Lipinski definition) is 10. The Balaban J connectivity index is 1.03. The van der Waals surface area contributed by atoms with Crippen molar-refractivity contribution in [2.24, 2.45) is 5.92 Å². The van der Waals surface area contributed by atoms with Crippen LogP contribution in [-0.4, -0.2) is 66.2 Å². The summed E-state index contributed by atoms with van der Waals surface area (Å²) in [7, 11) is -4.26. The Labute approximate surface area is 342 Å². The zero-order valence-corrected chi connectivity index (χ0v) is 34.1. The van der Waals surface area contributed by atoms with Crippen molar-refractivity contribution in [1.82, 2.24) is 14.9 Å². The summed E-state index contributed by atoms with van der Waals surface area (Å²) in [5.41, 5.74) is 5.01. The Bertz CT molecular complexity index is 2450. The normalized spacial score (nSPS) is 14.1. The van der Waals surface area contributed by atoms with E-state index in [1.807, 2.05) is 72.8 Å². The summed E-state index contributed by atoms with van der Waals surface area (Å²) in [6, 6.07) is 35.9. The summed E-state index contributed by atoms with van der Waals surface area (Å²) >= 11 is 8.09. The Morgan fingerprint density at radius 2 is 1.61 bits per heavy atom. The molecule has 1 aliphatic heterocycles. The average Bonchev–Trinajstić information content (AvgIpc) is 3.20. The van der Waals surface area contributed by atoms with E-state index in [2.05, 4.69) is 67.9 Å². The highest BCUT2D eigenvalue weighted by molar-refractivity contribution is 7.99. The van der Waals surface area contributed by atoms with Crippen LogP contribution in [0, 0.1) is 16.0 Å². The van der Waals surface area contributed by atoms with Crippen LogP contribution in [0.1, 0.15) is 25.8 Å². The number of thioether (sulfide) groups is 1. The Hall–Kier alpha value is -5.21. The summed E-state index contributed by atoms with van der Waals surface area (Å²) < 4.78 is 30.0. The lowest BCUT2D eigenvalue weighted by molar-refractivity contribution is -0.384. The van der Waals surface area contributed by atoms with E-state index in [4.69, 9.17) is 11.6 Å². The van der Waals surface area contributed by atoms with Crippen LogP contribution < -0.4 is 14.9 Å². The molecule has 1 saturated heterocycles. The second kappa shape index (κ2) is 17.9. The molecule has 294 valence electrons. The number of nitrogens with one attached hydrogen (secondary N) is 2. The summed E-state index contributed by atoms with van der Waals surface area (Å²) in [5.74, 6) is 1.11. The molecule has 1 atom stereocenters. The molecule has 57 heavy (non-hydrogen) atoms. The predicted molar refractivity (Wildman–Crippen MR) is 232 cm³/mol. The van der Waals surface area contributed by atoms with Gasteiger partial charge in [-0.2, -0.15) is 0 Å². The van der Waals surface area contributed by atoms with Crippen LogP contribution >= 0.6 is 23.4 Å².